The third-order valence-corrected chi connectivity index (χ3v) is 8.60. The second kappa shape index (κ2) is 8.81. The van der Waals surface area contributed by atoms with Crippen LogP contribution in [0.1, 0.15) is 56.1 Å². The summed E-state index contributed by atoms with van der Waals surface area (Å²) in [5.41, 5.74) is 2.51. The van der Waals surface area contributed by atoms with Crippen molar-refractivity contribution in [2.45, 2.75) is 51.4 Å². The summed E-state index contributed by atoms with van der Waals surface area (Å²) in [5, 5.41) is 13.4. The number of carbonyl (C=O) groups is 2. The second-order valence-electron chi connectivity index (χ2n) is 10.1. The van der Waals surface area contributed by atoms with Gasteiger partial charge in [0.25, 0.3) is 0 Å². The fourth-order valence-electron chi connectivity index (χ4n) is 6.95. The van der Waals surface area contributed by atoms with E-state index in [0.717, 1.165) is 37.0 Å². The Kier molecular flexibility index (Phi) is 5.96. The summed E-state index contributed by atoms with van der Waals surface area (Å²) in [6, 6.07) is 8.52. The number of benzene rings is 1. The minimum Gasteiger partial charge on any atom is -0.515 e. The predicted molar refractivity (Wildman–Crippen MR) is 128 cm³/mol. The monoisotopic (exact) mass is 482 g/mol. The molecule has 2 aromatic rings. The van der Waals surface area contributed by atoms with Crippen molar-refractivity contribution in [3.05, 3.63) is 70.3 Å². The van der Waals surface area contributed by atoms with E-state index in [1.54, 1.807) is 0 Å². The van der Waals surface area contributed by atoms with Crippen molar-refractivity contribution in [2.75, 3.05) is 5.32 Å². The highest BCUT2D eigenvalue weighted by molar-refractivity contribution is 6.30. The molecule has 3 unspecified atom stereocenters. The van der Waals surface area contributed by atoms with Gasteiger partial charge in [-0.25, -0.2) is 9.37 Å². The number of carbonyl (C=O) groups excluding carboxylic acids is 2. The molecule has 5 nitrogen and oxygen atoms in total. The Morgan fingerprint density at radius 2 is 2.15 bits per heavy atom. The lowest BCUT2D eigenvalue weighted by Gasteiger charge is -2.49. The number of aliphatic hydroxyl groups is 1. The van der Waals surface area contributed by atoms with Crippen LogP contribution >= 0.6 is 11.6 Å². The molecule has 2 fully saturated rings. The molecule has 1 heterocycles. The Morgan fingerprint density at radius 1 is 1.32 bits per heavy atom. The van der Waals surface area contributed by atoms with E-state index >= 15 is 0 Å². The maximum absolute atomic E-state index is 13.4. The Bertz CT molecular complexity index is 1180. The lowest BCUT2D eigenvalue weighted by Crippen LogP contribution is -2.44. The molecule has 0 radical (unpaired) electrons. The molecule has 2 saturated carbocycles. The van der Waals surface area contributed by atoms with Crippen molar-refractivity contribution in [3.63, 3.8) is 0 Å². The minimum atomic E-state index is -0.537. The minimum absolute atomic E-state index is 0.0116. The Morgan fingerprint density at radius 3 is 2.91 bits per heavy atom. The highest BCUT2D eigenvalue weighted by atomic mass is 35.5. The molecule has 3 aliphatic rings. The molecule has 0 saturated heterocycles. The molecule has 1 amide bonds. The van der Waals surface area contributed by atoms with Crippen LogP contribution in [0.2, 0.25) is 5.02 Å². The maximum atomic E-state index is 13.4. The number of aryl methyl sites for hydroxylation is 1. The first-order valence-electron chi connectivity index (χ1n) is 11.9. The third-order valence-electron chi connectivity index (χ3n) is 8.36. The van der Waals surface area contributed by atoms with Gasteiger partial charge in [0.2, 0.25) is 5.91 Å². The van der Waals surface area contributed by atoms with Gasteiger partial charge in [-0.2, -0.15) is 0 Å². The van der Waals surface area contributed by atoms with Crippen LogP contribution in [0.25, 0.3) is 0 Å². The lowest BCUT2D eigenvalue weighted by molar-refractivity contribution is -0.127. The van der Waals surface area contributed by atoms with E-state index in [0.29, 0.717) is 23.8 Å². The number of hydrogen-bond acceptors (Lipinski definition) is 4. The molecule has 34 heavy (non-hydrogen) atoms. The molecule has 1 aromatic carbocycles. The van der Waals surface area contributed by atoms with Crippen molar-refractivity contribution in [1.29, 1.82) is 0 Å². The molecule has 5 rings (SSSR count). The first-order chi connectivity index (χ1) is 16.3. The highest BCUT2D eigenvalue weighted by Crippen LogP contribution is 2.63. The first-order valence-corrected chi connectivity index (χ1v) is 12.3. The highest BCUT2D eigenvalue weighted by Gasteiger charge is 2.60. The zero-order valence-corrected chi connectivity index (χ0v) is 19.8. The molecule has 5 atom stereocenters. The zero-order valence-electron chi connectivity index (χ0n) is 19.1. The van der Waals surface area contributed by atoms with Gasteiger partial charge < -0.3 is 10.4 Å². The van der Waals surface area contributed by atoms with Crippen molar-refractivity contribution >= 4 is 29.1 Å². The summed E-state index contributed by atoms with van der Waals surface area (Å²) in [7, 11) is 0. The van der Waals surface area contributed by atoms with Gasteiger partial charge in [0, 0.05) is 34.7 Å². The molecule has 7 heteroatoms. The summed E-state index contributed by atoms with van der Waals surface area (Å²) >= 11 is 6.24. The van der Waals surface area contributed by atoms with E-state index < -0.39 is 11.2 Å². The van der Waals surface area contributed by atoms with Gasteiger partial charge in [-0.3, -0.25) is 9.59 Å². The van der Waals surface area contributed by atoms with Gasteiger partial charge in [-0.05, 0) is 85.1 Å². The maximum Gasteiger partial charge on any atom is 0.225 e. The number of aromatic nitrogens is 1. The Labute approximate surface area is 203 Å². The van der Waals surface area contributed by atoms with E-state index in [1.807, 2.05) is 13.0 Å². The number of hydrogen-bond donors (Lipinski definition) is 2. The average Bonchev–Trinajstić information content (AvgIpc) is 3.03. The van der Waals surface area contributed by atoms with Gasteiger partial charge >= 0.3 is 0 Å². The number of nitrogens with one attached hydrogen (secondary N) is 1. The molecule has 0 spiro atoms. The molecule has 178 valence electrons. The standard InChI is InChI=1S/C27H28ClFN2O3/c1-27-10-8-19-18-5-3-16(28)12-15(18)2-4-20(19)25(27)21(22(14-32)26(27)34)6-7-24(33)31-23-13-17(29)9-11-30-23/h3,5,9,11-14,19-21,25,32H,2,4,6-8,10H2,1H3,(H,30,31,33)/b22-14-/t19?,20?,21-,25?,27+/m1/s1. The van der Waals surface area contributed by atoms with Gasteiger partial charge in [0.05, 0.1) is 6.26 Å². The van der Waals surface area contributed by atoms with Crippen LogP contribution in [0.3, 0.4) is 0 Å². The molecule has 1 aromatic heterocycles. The zero-order chi connectivity index (χ0) is 24.0. The van der Waals surface area contributed by atoms with Crippen molar-refractivity contribution in [1.82, 2.24) is 4.98 Å². The van der Waals surface area contributed by atoms with Gasteiger partial charge in [-0.15, -0.1) is 0 Å². The van der Waals surface area contributed by atoms with Crippen molar-refractivity contribution in [2.24, 2.45) is 23.2 Å². The van der Waals surface area contributed by atoms with Crippen molar-refractivity contribution < 1.29 is 19.1 Å². The van der Waals surface area contributed by atoms with Gasteiger partial charge in [0.1, 0.15) is 11.6 Å². The largest absolute Gasteiger partial charge is 0.515 e. The van der Waals surface area contributed by atoms with E-state index in [4.69, 9.17) is 11.6 Å². The fourth-order valence-corrected chi connectivity index (χ4v) is 7.15. The quantitative estimate of drug-likeness (QED) is 0.414. The van der Waals surface area contributed by atoms with Crippen LogP contribution in [0.5, 0.6) is 0 Å². The number of amides is 1. The van der Waals surface area contributed by atoms with Crippen LogP contribution in [-0.4, -0.2) is 21.8 Å². The van der Waals surface area contributed by atoms with E-state index in [9.17, 15) is 19.1 Å². The number of aliphatic hydroxyl groups excluding tert-OH is 1. The summed E-state index contributed by atoms with van der Waals surface area (Å²) < 4.78 is 13.4. The predicted octanol–water partition coefficient (Wildman–Crippen LogP) is 6.00. The molecule has 2 N–H and O–H groups in total. The first kappa shape index (κ1) is 23.0. The van der Waals surface area contributed by atoms with Gasteiger partial charge in [0.15, 0.2) is 5.78 Å². The fraction of sp³-hybridized carbons (Fsp3) is 0.444. The smallest absolute Gasteiger partial charge is 0.225 e. The summed E-state index contributed by atoms with van der Waals surface area (Å²) in [5.74, 6) is -0.0819. The molecule has 0 aliphatic heterocycles. The molecular formula is C27H28ClFN2O3. The van der Waals surface area contributed by atoms with E-state index in [1.165, 1.54) is 29.5 Å². The number of nitrogens with zero attached hydrogens (tertiary/aromatic N) is 1. The van der Waals surface area contributed by atoms with E-state index in [-0.39, 0.29) is 35.8 Å². The number of pyridine rings is 1. The number of fused-ring (bicyclic) bond motifs is 5. The van der Waals surface area contributed by atoms with Crippen LogP contribution in [0.15, 0.2) is 48.4 Å². The topological polar surface area (TPSA) is 79.3 Å². The van der Waals surface area contributed by atoms with Crippen LogP contribution in [0, 0.1) is 29.0 Å². The van der Waals surface area contributed by atoms with Gasteiger partial charge in [-0.1, -0.05) is 24.6 Å². The van der Waals surface area contributed by atoms with Crippen LogP contribution in [0.4, 0.5) is 10.2 Å². The summed E-state index contributed by atoms with van der Waals surface area (Å²) in [6.45, 7) is 2.04. The normalized spacial score (nSPS) is 31.0. The Hall–Kier alpha value is -2.73. The number of Topliss-reactive ketones (excluding diaryl/α,β-unsaturated/α-hetero) is 1. The summed E-state index contributed by atoms with van der Waals surface area (Å²) in [4.78, 5) is 30.0. The Balaban J connectivity index is 1.40. The third kappa shape index (κ3) is 3.82. The molecule has 0 bridgehead atoms. The second-order valence-corrected chi connectivity index (χ2v) is 10.5. The number of halogens is 2. The summed E-state index contributed by atoms with van der Waals surface area (Å²) in [6.07, 6.45) is 6.42. The number of anilines is 1. The van der Waals surface area contributed by atoms with E-state index in [2.05, 4.69) is 22.4 Å². The molecular weight excluding hydrogens is 455 g/mol. The average molecular weight is 483 g/mol. The lowest BCUT2D eigenvalue weighted by atomic mass is 9.54. The molecule has 3 aliphatic carbocycles. The van der Waals surface area contributed by atoms with Crippen LogP contribution in [-0.2, 0) is 16.0 Å². The SMILES string of the molecule is C[C@]12CCC3c4ccc(Cl)cc4CCC3C1[C@H](CCC(=O)Nc1cc(F)ccn1)/C(=C/O)C2=O. The number of ketones is 1. The van der Waals surface area contributed by atoms with Crippen molar-refractivity contribution in [3.8, 4) is 0 Å². The number of rotatable bonds is 4. The number of allylic oxidation sites excluding steroid dienone is 1. The van der Waals surface area contributed by atoms with Crippen LogP contribution < -0.4 is 5.32 Å².